The van der Waals surface area contributed by atoms with Gasteiger partial charge in [-0.2, -0.15) is 0 Å². The monoisotopic (exact) mass is 181 g/mol. The number of piperidine rings is 2. The van der Waals surface area contributed by atoms with E-state index in [-0.39, 0.29) is 13.2 Å². The highest BCUT2D eigenvalue weighted by Gasteiger charge is 2.62. The van der Waals surface area contributed by atoms with Crippen LogP contribution < -0.4 is 0 Å². The maximum atomic E-state index is 9.63. The van der Waals surface area contributed by atoms with Crippen LogP contribution in [0.2, 0.25) is 6.82 Å². The summed E-state index contributed by atoms with van der Waals surface area (Å²) < 4.78 is 0. The number of hydrogen-bond donors (Lipinski definition) is 2. The van der Waals surface area contributed by atoms with Crippen LogP contribution in [0.15, 0.2) is 0 Å². The van der Waals surface area contributed by atoms with E-state index in [0.29, 0.717) is 12.1 Å². The highest BCUT2D eigenvalue weighted by Crippen LogP contribution is 2.58. The number of hydrogen-bond acceptors (Lipinski definition) is 3. The van der Waals surface area contributed by atoms with Crippen LogP contribution >= 0.6 is 0 Å². The first kappa shape index (κ1) is 8.27. The van der Waals surface area contributed by atoms with Crippen LogP contribution in [-0.4, -0.2) is 40.2 Å². The summed E-state index contributed by atoms with van der Waals surface area (Å²) in [5.41, 5.74) is 0. The summed E-state index contributed by atoms with van der Waals surface area (Å²) >= 11 is 0. The third-order valence-electron chi connectivity index (χ3n) is 4.10. The molecule has 13 heavy (non-hydrogen) atoms. The molecule has 1 aliphatic carbocycles. The zero-order valence-electron chi connectivity index (χ0n) is 7.93. The first-order valence-electron chi connectivity index (χ1n) is 5.32. The Balaban J connectivity index is 1.86. The largest absolute Gasteiger partial charge is 0.437 e. The fourth-order valence-corrected chi connectivity index (χ4v) is 3.61. The highest BCUT2D eigenvalue weighted by molar-refractivity contribution is 6.45. The van der Waals surface area contributed by atoms with E-state index in [9.17, 15) is 10.1 Å². The van der Waals surface area contributed by atoms with Gasteiger partial charge in [-0.25, -0.2) is 0 Å². The Hall–Kier alpha value is -0.0551. The van der Waals surface area contributed by atoms with Crippen LogP contribution in [0.3, 0.4) is 0 Å². The van der Waals surface area contributed by atoms with Crippen molar-refractivity contribution in [3.63, 3.8) is 0 Å². The normalized spacial score (nSPS) is 53.3. The molecule has 0 radical (unpaired) electrons. The van der Waals surface area contributed by atoms with Crippen LogP contribution in [0.25, 0.3) is 0 Å². The summed E-state index contributed by atoms with van der Waals surface area (Å²) in [4.78, 5) is 2.23. The maximum absolute atomic E-state index is 9.63. The molecule has 3 rings (SSSR count). The van der Waals surface area contributed by atoms with Crippen molar-refractivity contribution in [2.24, 2.45) is 11.8 Å². The Morgan fingerprint density at radius 3 is 2.15 bits per heavy atom. The van der Waals surface area contributed by atoms with Gasteiger partial charge in [-0.3, -0.25) is 0 Å². The molecule has 3 fully saturated rings. The third kappa shape index (κ3) is 1.03. The lowest BCUT2D eigenvalue weighted by atomic mass is 9.77. The molecule has 0 spiro atoms. The molecule has 1 saturated carbocycles. The fraction of sp³-hybridized carbons (Fsp3) is 1.00. The first-order valence-corrected chi connectivity index (χ1v) is 5.32. The molecule has 4 heteroatoms. The minimum absolute atomic E-state index is 0.113. The maximum Gasteiger partial charge on any atom is 0.376 e. The lowest BCUT2D eigenvalue weighted by Crippen LogP contribution is -2.54. The van der Waals surface area contributed by atoms with E-state index in [2.05, 4.69) is 4.81 Å². The van der Waals surface area contributed by atoms with Gasteiger partial charge < -0.3 is 14.9 Å². The van der Waals surface area contributed by atoms with Crippen LogP contribution in [0.1, 0.15) is 19.3 Å². The molecule has 5 atom stereocenters. The highest BCUT2D eigenvalue weighted by atomic mass is 16.3. The van der Waals surface area contributed by atoms with E-state index in [1.165, 1.54) is 6.42 Å². The summed E-state index contributed by atoms with van der Waals surface area (Å²) in [5, 5.41) is 19.2. The van der Waals surface area contributed by atoms with Crippen molar-refractivity contribution in [1.29, 1.82) is 0 Å². The molecule has 0 aromatic rings. The van der Waals surface area contributed by atoms with Gasteiger partial charge in [0.15, 0.2) is 0 Å². The summed E-state index contributed by atoms with van der Waals surface area (Å²) in [7, 11) is -0.324. The Kier molecular flexibility index (Phi) is 1.59. The molecular formula is C9H16BNO2. The molecular weight excluding hydrogens is 165 g/mol. The Morgan fingerprint density at radius 1 is 1.15 bits per heavy atom. The zero-order chi connectivity index (χ0) is 9.16. The molecule has 0 amide bonds. The minimum Gasteiger partial charge on any atom is -0.437 e. The fourth-order valence-electron chi connectivity index (χ4n) is 3.61. The van der Waals surface area contributed by atoms with Crippen molar-refractivity contribution in [2.75, 3.05) is 0 Å². The molecule has 2 aliphatic heterocycles. The number of fused-ring (bicyclic) bond motifs is 5. The van der Waals surface area contributed by atoms with Gasteiger partial charge in [0.25, 0.3) is 0 Å². The van der Waals surface area contributed by atoms with E-state index >= 15 is 0 Å². The number of nitrogens with zero attached hydrogens (tertiary/aromatic N) is 1. The van der Waals surface area contributed by atoms with Crippen LogP contribution in [-0.2, 0) is 0 Å². The summed E-state index contributed by atoms with van der Waals surface area (Å²) in [6, 6.07) is 0.942. The molecule has 3 aliphatic rings. The molecule has 2 saturated heterocycles. The van der Waals surface area contributed by atoms with E-state index in [1.807, 2.05) is 6.82 Å². The van der Waals surface area contributed by atoms with E-state index < -0.39 is 0 Å². The average Bonchev–Trinajstić information content (AvgIpc) is 2.76. The molecule has 72 valence electrons. The van der Waals surface area contributed by atoms with Crippen molar-refractivity contribution >= 4 is 7.05 Å². The lowest BCUT2D eigenvalue weighted by Gasteiger charge is -2.40. The van der Waals surface area contributed by atoms with Crippen LogP contribution in [0.5, 0.6) is 0 Å². The quantitative estimate of drug-likeness (QED) is 0.557. The van der Waals surface area contributed by atoms with Gasteiger partial charge in [-0.05, 0) is 37.9 Å². The van der Waals surface area contributed by atoms with Gasteiger partial charge in [0, 0.05) is 12.1 Å². The van der Waals surface area contributed by atoms with Gasteiger partial charge in [0.2, 0.25) is 0 Å². The van der Waals surface area contributed by atoms with E-state index in [4.69, 9.17) is 0 Å². The second-order valence-electron chi connectivity index (χ2n) is 4.90. The molecule has 3 nitrogen and oxygen atoms in total. The van der Waals surface area contributed by atoms with Gasteiger partial charge in [0.1, 0.15) is 0 Å². The Labute approximate surface area is 78.9 Å². The second-order valence-corrected chi connectivity index (χ2v) is 4.90. The van der Waals surface area contributed by atoms with Crippen molar-refractivity contribution in [3.8, 4) is 0 Å². The predicted octanol–water partition coefficient (Wildman–Crippen LogP) is -0.0597. The average molecular weight is 181 g/mol. The predicted molar refractivity (Wildman–Crippen MR) is 50.1 cm³/mol. The standard InChI is InChI=1S/C9H16BNO2/c1-10(13)11-8-2-5(12)3-9(11)7-4-6(7)8/h5-9,12-13H,2-4H2,1H3/t5?,6-,7+,8?,9?. The third-order valence-corrected chi connectivity index (χ3v) is 4.10. The number of rotatable bonds is 1. The molecule has 2 heterocycles. The van der Waals surface area contributed by atoms with Crippen molar-refractivity contribution in [1.82, 2.24) is 4.81 Å². The van der Waals surface area contributed by atoms with Crippen molar-refractivity contribution in [2.45, 2.75) is 44.3 Å². The Bertz CT molecular complexity index is 218. The van der Waals surface area contributed by atoms with Gasteiger partial charge >= 0.3 is 7.05 Å². The SMILES string of the molecule is CB(O)N1C2CC(O)CC1[C@@H]1C[C@H]21. The topological polar surface area (TPSA) is 43.7 Å². The van der Waals surface area contributed by atoms with E-state index in [1.54, 1.807) is 0 Å². The molecule has 2 bridgehead atoms. The zero-order valence-corrected chi connectivity index (χ0v) is 7.93. The number of aliphatic hydroxyl groups excluding tert-OH is 1. The van der Waals surface area contributed by atoms with Gasteiger partial charge in [-0.15, -0.1) is 0 Å². The molecule has 0 aromatic carbocycles. The van der Waals surface area contributed by atoms with Crippen molar-refractivity contribution in [3.05, 3.63) is 0 Å². The van der Waals surface area contributed by atoms with Crippen LogP contribution in [0.4, 0.5) is 0 Å². The van der Waals surface area contributed by atoms with Crippen molar-refractivity contribution < 1.29 is 10.1 Å². The van der Waals surface area contributed by atoms with Gasteiger partial charge in [0.05, 0.1) is 6.10 Å². The lowest BCUT2D eigenvalue weighted by molar-refractivity contribution is 0.0525. The summed E-state index contributed by atoms with van der Waals surface area (Å²) in [5.74, 6) is 1.58. The first-order chi connectivity index (χ1) is 6.18. The van der Waals surface area contributed by atoms with E-state index in [0.717, 1.165) is 24.7 Å². The summed E-state index contributed by atoms with van der Waals surface area (Å²) in [6.45, 7) is 1.85. The second kappa shape index (κ2) is 2.50. The van der Waals surface area contributed by atoms with Crippen LogP contribution in [0, 0.1) is 11.8 Å². The smallest absolute Gasteiger partial charge is 0.376 e. The Morgan fingerprint density at radius 2 is 1.69 bits per heavy atom. The molecule has 0 aromatic heterocycles. The molecule has 3 unspecified atom stereocenters. The summed E-state index contributed by atoms with van der Waals surface area (Å²) in [6.07, 6.45) is 2.98. The van der Waals surface area contributed by atoms with Gasteiger partial charge in [-0.1, -0.05) is 0 Å². The number of aliphatic hydroxyl groups is 1. The minimum atomic E-state index is -0.324. The molecule has 2 N–H and O–H groups in total.